The van der Waals surface area contributed by atoms with Gasteiger partial charge in [0, 0.05) is 12.6 Å². The summed E-state index contributed by atoms with van der Waals surface area (Å²) in [5, 5.41) is 3.49. The van der Waals surface area contributed by atoms with Gasteiger partial charge in [-0.1, -0.05) is 12.8 Å². The van der Waals surface area contributed by atoms with Crippen molar-refractivity contribution in [1.82, 2.24) is 5.32 Å². The molecule has 1 N–H and O–H groups in total. The van der Waals surface area contributed by atoms with E-state index in [1.54, 1.807) is 0 Å². The molecule has 1 saturated heterocycles. The first kappa shape index (κ1) is 12.8. The number of nitrogens with one attached hydrogen (secondary N) is 1. The monoisotopic (exact) mass is 233 g/mol. The molecular weight excluding hydrogens is 214 g/mol. The molecule has 0 spiro atoms. The van der Waals surface area contributed by atoms with Crippen LogP contribution in [0.3, 0.4) is 0 Å². The summed E-state index contributed by atoms with van der Waals surface area (Å²) in [6, 6.07) is 0.671. The molecule has 0 bridgehead atoms. The Morgan fingerprint density at radius 2 is 2.07 bits per heavy atom. The summed E-state index contributed by atoms with van der Waals surface area (Å²) in [6.07, 6.45) is 6.28. The molecule has 1 heterocycles. The van der Waals surface area contributed by atoms with Crippen molar-refractivity contribution in [3.8, 4) is 0 Å². The molecule has 15 heavy (non-hydrogen) atoms. The lowest BCUT2D eigenvalue weighted by molar-refractivity contribution is -0.147. The van der Waals surface area contributed by atoms with Gasteiger partial charge in [-0.05, 0) is 25.2 Å². The smallest absolute Gasteiger partial charge is 0.309 e. The molecule has 0 radical (unpaired) electrons. The molecule has 3 atom stereocenters. The average molecular weight is 234 g/mol. The standard InChI is InChI=1S/C11H19NO2.ClH/c1-14-11(13)9-6-8-4-2-3-5-10(8)12-7-9;/h8-10,12H,2-7H2,1H3;1H/t8-,9+,10+;/m1./s1. The van der Waals surface area contributed by atoms with Gasteiger partial charge in [-0.2, -0.15) is 0 Å². The number of hydrogen-bond acceptors (Lipinski definition) is 3. The zero-order chi connectivity index (χ0) is 9.97. The molecule has 1 aliphatic heterocycles. The summed E-state index contributed by atoms with van der Waals surface area (Å²) in [6.45, 7) is 0.813. The van der Waals surface area contributed by atoms with Crippen LogP contribution in [0.15, 0.2) is 0 Å². The number of ether oxygens (including phenoxy) is 1. The second-order valence-electron chi connectivity index (χ2n) is 4.52. The van der Waals surface area contributed by atoms with Crippen LogP contribution < -0.4 is 5.32 Å². The highest BCUT2D eigenvalue weighted by molar-refractivity contribution is 5.85. The lowest BCUT2D eigenvalue weighted by atomic mass is 9.76. The summed E-state index contributed by atoms with van der Waals surface area (Å²) in [5.41, 5.74) is 0. The van der Waals surface area contributed by atoms with Gasteiger partial charge in [-0.15, -0.1) is 12.4 Å². The van der Waals surface area contributed by atoms with Crippen LogP contribution in [-0.4, -0.2) is 25.7 Å². The fourth-order valence-corrected chi connectivity index (χ4v) is 2.85. The van der Waals surface area contributed by atoms with Gasteiger partial charge in [0.15, 0.2) is 0 Å². The maximum atomic E-state index is 11.4. The van der Waals surface area contributed by atoms with Gasteiger partial charge in [-0.25, -0.2) is 0 Å². The first-order valence-electron chi connectivity index (χ1n) is 5.62. The average Bonchev–Trinajstić information content (AvgIpc) is 2.27. The number of piperidine rings is 1. The first-order valence-corrected chi connectivity index (χ1v) is 5.62. The van der Waals surface area contributed by atoms with Gasteiger partial charge in [-0.3, -0.25) is 4.79 Å². The van der Waals surface area contributed by atoms with Gasteiger partial charge < -0.3 is 10.1 Å². The Hall–Kier alpha value is -0.280. The number of halogens is 1. The summed E-state index contributed by atoms with van der Waals surface area (Å²) in [5.74, 6) is 0.766. The van der Waals surface area contributed by atoms with E-state index in [9.17, 15) is 4.79 Å². The van der Waals surface area contributed by atoms with Crippen LogP contribution >= 0.6 is 12.4 Å². The van der Waals surface area contributed by atoms with E-state index in [1.165, 1.54) is 32.8 Å². The van der Waals surface area contributed by atoms with E-state index >= 15 is 0 Å². The summed E-state index contributed by atoms with van der Waals surface area (Å²) < 4.78 is 4.79. The lowest BCUT2D eigenvalue weighted by Gasteiger charge is -2.39. The highest BCUT2D eigenvalue weighted by Crippen LogP contribution is 2.32. The normalized spacial score (nSPS) is 34.9. The van der Waals surface area contributed by atoms with Gasteiger partial charge >= 0.3 is 5.97 Å². The van der Waals surface area contributed by atoms with Crippen molar-refractivity contribution in [1.29, 1.82) is 0 Å². The third-order valence-electron chi connectivity index (χ3n) is 3.66. The van der Waals surface area contributed by atoms with Crippen molar-refractivity contribution in [3.63, 3.8) is 0 Å². The molecule has 0 unspecified atom stereocenters. The number of rotatable bonds is 1. The van der Waals surface area contributed by atoms with Crippen LogP contribution in [0.25, 0.3) is 0 Å². The van der Waals surface area contributed by atoms with E-state index in [0.717, 1.165) is 13.0 Å². The Labute approximate surface area is 97.4 Å². The molecule has 0 aromatic rings. The number of methoxy groups -OCH3 is 1. The van der Waals surface area contributed by atoms with Crippen LogP contribution in [0.2, 0.25) is 0 Å². The van der Waals surface area contributed by atoms with E-state index in [2.05, 4.69) is 5.32 Å². The van der Waals surface area contributed by atoms with Crippen molar-refractivity contribution in [3.05, 3.63) is 0 Å². The Kier molecular flexibility index (Phi) is 4.87. The van der Waals surface area contributed by atoms with Crippen molar-refractivity contribution < 1.29 is 9.53 Å². The van der Waals surface area contributed by atoms with Crippen LogP contribution in [0.5, 0.6) is 0 Å². The van der Waals surface area contributed by atoms with E-state index < -0.39 is 0 Å². The fourth-order valence-electron chi connectivity index (χ4n) is 2.85. The molecule has 0 aromatic carbocycles. The van der Waals surface area contributed by atoms with Crippen molar-refractivity contribution in [2.75, 3.05) is 13.7 Å². The number of hydrogen-bond donors (Lipinski definition) is 1. The predicted octanol–water partition coefficient (Wildman–Crippen LogP) is 1.75. The molecular formula is C11H20ClNO2. The van der Waals surface area contributed by atoms with E-state index in [1.807, 2.05) is 0 Å². The van der Waals surface area contributed by atoms with Gasteiger partial charge in [0.05, 0.1) is 13.0 Å². The molecule has 4 heteroatoms. The van der Waals surface area contributed by atoms with Crippen LogP contribution in [-0.2, 0) is 9.53 Å². The largest absolute Gasteiger partial charge is 0.469 e. The van der Waals surface area contributed by atoms with Crippen molar-refractivity contribution in [2.45, 2.75) is 38.1 Å². The topological polar surface area (TPSA) is 38.3 Å². The summed E-state index contributed by atoms with van der Waals surface area (Å²) in [7, 11) is 1.48. The number of esters is 1. The van der Waals surface area contributed by atoms with Crippen molar-refractivity contribution in [2.24, 2.45) is 11.8 Å². The highest BCUT2D eigenvalue weighted by Gasteiger charge is 2.34. The fraction of sp³-hybridized carbons (Fsp3) is 0.909. The summed E-state index contributed by atoms with van der Waals surface area (Å²) >= 11 is 0. The molecule has 2 aliphatic rings. The predicted molar refractivity (Wildman–Crippen MR) is 61.1 cm³/mol. The van der Waals surface area contributed by atoms with Crippen molar-refractivity contribution >= 4 is 18.4 Å². The van der Waals surface area contributed by atoms with Crippen LogP contribution in [0.4, 0.5) is 0 Å². The molecule has 3 nitrogen and oxygen atoms in total. The quantitative estimate of drug-likeness (QED) is 0.702. The van der Waals surface area contributed by atoms with Crippen LogP contribution in [0, 0.1) is 11.8 Å². The first-order chi connectivity index (χ1) is 6.81. The highest BCUT2D eigenvalue weighted by atomic mass is 35.5. The SMILES string of the molecule is COC(=O)[C@@H]1CN[C@H]2CCCC[C@@H]2C1.Cl. The number of carbonyl (C=O) groups is 1. The maximum Gasteiger partial charge on any atom is 0.309 e. The van der Waals surface area contributed by atoms with E-state index in [-0.39, 0.29) is 24.3 Å². The molecule has 1 saturated carbocycles. The van der Waals surface area contributed by atoms with E-state index in [0.29, 0.717) is 12.0 Å². The maximum absolute atomic E-state index is 11.4. The Morgan fingerprint density at radius 3 is 2.80 bits per heavy atom. The summed E-state index contributed by atoms with van der Waals surface area (Å²) in [4.78, 5) is 11.4. The molecule has 0 aromatic heterocycles. The Balaban J connectivity index is 0.00000112. The van der Waals surface area contributed by atoms with E-state index in [4.69, 9.17) is 4.74 Å². The zero-order valence-corrected chi connectivity index (χ0v) is 10.0. The zero-order valence-electron chi connectivity index (χ0n) is 9.20. The van der Waals surface area contributed by atoms with Gasteiger partial charge in [0.1, 0.15) is 0 Å². The van der Waals surface area contributed by atoms with Crippen LogP contribution in [0.1, 0.15) is 32.1 Å². The molecule has 88 valence electrons. The third-order valence-corrected chi connectivity index (χ3v) is 3.66. The van der Waals surface area contributed by atoms with Gasteiger partial charge in [0.25, 0.3) is 0 Å². The number of carbonyl (C=O) groups excluding carboxylic acids is 1. The molecule has 2 rings (SSSR count). The minimum atomic E-state index is -0.0403. The Bertz CT molecular complexity index is 223. The number of fused-ring (bicyclic) bond motifs is 1. The molecule has 2 fully saturated rings. The second kappa shape index (κ2) is 5.71. The minimum Gasteiger partial charge on any atom is -0.469 e. The molecule has 0 amide bonds. The second-order valence-corrected chi connectivity index (χ2v) is 4.52. The van der Waals surface area contributed by atoms with Gasteiger partial charge in [0.2, 0.25) is 0 Å². The Morgan fingerprint density at radius 1 is 1.33 bits per heavy atom. The lowest BCUT2D eigenvalue weighted by Crippen LogP contribution is -2.48. The third kappa shape index (κ3) is 2.85. The minimum absolute atomic E-state index is 0. The molecule has 1 aliphatic carbocycles.